The first-order valence-electron chi connectivity index (χ1n) is 7.72. The lowest BCUT2D eigenvalue weighted by Crippen LogP contribution is -2.23. The van der Waals surface area contributed by atoms with E-state index < -0.39 is 10.9 Å². The van der Waals surface area contributed by atoms with Gasteiger partial charge in [-0.2, -0.15) is 5.10 Å². The summed E-state index contributed by atoms with van der Waals surface area (Å²) in [5.74, 6) is -0.117. The monoisotopic (exact) mass is 388 g/mol. The molecule has 2 aromatic rings. The highest BCUT2D eigenvalue weighted by atomic mass is 32.1. The topological polar surface area (TPSA) is 129 Å². The summed E-state index contributed by atoms with van der Waals surface area (Å²) in [7, 11) is 0. The Kier molecular flexibility index (Phi) is 6.78. The van der Waals surface area contributed by atoms with E-state index in [1.54, 1.807) is 25.1 Å². The number of thiocarbonyl (C=S) groups is 1. The van der Waals surface area contributed by atoms with Crippen molar-refractivity contribution < 1.29 is 19.2 Å². The molecular weight excluding hydrogens is 372 g/mol. The minimum absolute atomic E-state index is 0.0323. The number of nitro groups is 1. The minimum Gasteiger partial charge on any atom is -0.490 e. The third kappa shape index (κ3) is 5.75. The molecule has 0 fully saturated rings. The number of nitrogens with one attached hydrogen (secondary N) is 1. The number of nitro benzene ring substituents is 1. The molecule has 0 amide bonds. The fourth-order valence-electron chi connectivity index (χ4n) is 2.01. The summed E-state index contributed by atoms with van der Waals surface area (Å²) in [6.45, 7) is 2.14. The number of hydrogen-bond donors (Lipinski definition) is 2. The smallest absolute Gasteiger partial charge is 0.343 e. The molecule has 27 heavy (non-hydrogen) atoms. The summed E-state index contributed by atoms with van der Waals surface area (Å²) in [6.07, 6.45) is 1.48. The molecule has 0 radical (unpaired) electrons. The lowest BCUT2D eigenvalue weighted by atomic mass is 10.2. The Morgan fingerprint density at radius 3 is 2.59 bits per heavy atom. The van der Waals surface area contributed by atoms with Crippen molar-refractivity contribution >= 4 is 35.2 Å². The van der Waals surface area contributed by atoms with Crippen LogP contribution in [0.15, 0.2) is 47.6 Å². The average Bonchev–Trinajstić information content (AvgIpc) is 2.63. The van der Waals surface area contributed by atoms with Crippen molar-refractivity contribution in [3.63, 3.8) is 0 Å². The lowest BCUT2D eigenvalue weighted by Gasteiger charge is -2.11. The van der Waals surface area contributed by atoms with Crippen LogP contribution < -0.4 is 20.6 Å². The van der Waals surface area contributed by atoms with Gasteiger partial charge in [0.05, 0.1) is 23.3 Å². The maximum Gasteiger partial charge on any atom is 0.343 e. The first-order chi connectivity index (χ1) is 12.9. The Morgan fingerprint density at radius 2 is 2.00 bits per heavy atom. The highest BCUT2D eigenvalue weighted by molar-refractivity contribution is 7.80. The van der Waals surface area contributed by atoms with Crippen LogP contribution in [-0.2, 0) is 0 Å². The van der Waals surface area contributed by atoms with Gasteiger partial charge in [0.15, 0.2) is 16.6 Å². The van der Waals surface area contributed by atoms with E-state index >= 15 is 0 Å². The second kappa shape index (κ2) is 9.25. The molecule has 3 N–H and O–H groups in total. The number of benzene rings is 2. The molecule has 2 rings (SSSR count). The van der Waals surface area contributed by atoms with Crippen LogP contribution in [0.25, 0.3) is 0 Å². The summed E-state index contributed by atoms with van der Waals surface area (Å²) in [5, 5.41) is 14.6. The second-order valence-corrected chi connectivity index (χ2v) is 5.51. The van der Waals surface area contributed by atoms with Crippen molar-refractivity contribution in [2.45, 2.75) is 6.92 Å². The number of non-ortho nitro benzene ring substituents is 1. The van der Waals surface area contributed by atoms with Crippen molar-refractivity contribution in [1.29, 1.82) is 0 Å². The van der Waals surface area contributed by atoms with E-state index in [0.29, 0.717) is 17.9 Å². The van der Waals surface area contributed by atoms with Gasteiger partial charge in [-0.3, -0.25) is 15.5 Å². The molecule has 0 aliphatic carbocycles. The van der Waals surface area contributed by atoms with Crippen LogP contribution in [0.1, 0.15) is 22.8 Å². The van der Waals surface area contributed by atoms with Crippen LogP contribution in [0.5, 0.6) is 11.5 Å². The number of hydrogen-bond acceptors (Lipinski definition) is 7. The number of hydrazone groups is 1. The van der Waals surface area contributed by atoms with Crippen LogP contribution >= 0.6 is 12.2 Å². The molecule has 9 nitrogen and oxygen atoms in total. The Labute approximate surface area is 159 Å². The number of nitrogens with zero attached hydrogens (tertiary/aromatic N) is 2. The molecule has 0 bridgehead atoms. The van der Waals surface area contributed by atoms with Gasteiger partial charge in [-0.15, -0.1) is 0 Å². The standard InChI is InChI=1S/C17H16N4O5S/c1-2-25-15-9-11(10-19-20-17(18)27)3-8-14(15)26-16(22)12-4-6-13(7-5-12)21(23)24/h3-10H,2H2,1H3,(H3,18,20,27)/b19-10-. The Balaban J connectivity index is 2.18. The first-order valence-corrected chi connectivity index (χ1v) is 8.13. The van der Waals surface area contributed by atoms with E-state index in [-0.39, 0.29) is 22.1 Å². The third-order valence-corrected chi connectivity index (χ3v) is 3.26. The number of esters is 1. The highest BCUT2D eigenvalue weighted by Gasteiger charge is 2.14. The molecule has 2 aromatic carbocycles. The van der Waals surface area contributed by atoms with Gasteiger partial charge >= 0.3 is 5.97 Å². The highest BCUT2D eigenvalue weighted by Crippen LogP contribution is 2.29. The van der Waals surface area contributed by atoms with Crippen molar-refractivity contribution in [2.24, 2.45) is 10.8 Å². The van der Waals surface area contributed by atoms with Gasteiger partial charge in [-0.05, 0) is 55.0 Å². The van der Waals surface area contributed by atoms with E-state index in [1.165, 1.54) is 30.5 Å². The largest absolute Gasteiger partial charge is 0.490 e. The number of carbonyl (C=O) groups excluding carboxylic acids is 1. The molecule has 140 valence electrons. The van der Waals surface area contributed by atoms with Crippen molar-refractivity contribution in [3.05, 3.63) is 63.7 Å². The van der Waals surface area contributed by atoms with E-state index in [1.807, 2.05) is 0 Å². The SMILES string of the molecule is CCOc1cc(/C=N\NC(N)=S)ccc1OC(=O)c1ccc([N+](=O)[O-])cc1. The molecule has 10 heteroatoms. The fraction of sp³-hybridized carbons (Fsp3) is 0.118. The molecule has 0 saturated heterocycles. The van der Waals surface area contributed by atoms with Crippen LogP contribution in [0.3, 0.4) is 0 Å². The zero-order chi connectivity index (χ0) is 19.8. The average molecular weight is 388 g/mol. The van der Waals surface area contributed by atoms with Crippen molar-refractivity contribution in [1.82, 2.24) is 5.43 Å². The summed E-state index contributed by atoms with van der Waals surface area (Å²) in [6, 6.07) is 9.95. The molecule has 0 atom stereocenters. The molecule has 0 aromatic heterocycles. The normalized spacial score (nSPS) is 10.4. The molecule has 0 aliphatic heterocycles. The molecular formula is C17H16N4O5S. The van der Waals surface area contributed by atoms with Crippen molar-refractivity contribution in [3.8, 4) is 11.5 Å². The second-order valence-electron chi connectivity index (χ2n) is 5.07. The third-order valence-electron chi connectivity index (χ3n) is 3.17. The van der Waals surface area contributed by atoms with E-state index in [9.17, 15) is 14.9 Å². The molecule has 0 heterocycles. The van der Waals surface area contributed by atoms with Crippen LogP contribution in [0.4, 0.5) is 5.69 Å². The summed E-state index contributed by atoms with van der Waals surface area (Å²) >= 11 is 4.65. The summed E-state index contributed by atoms with van der Waals surface area (Å²) in [4.78, 5) is 22.4. The fourth-order valence-corrected chi connectivity index (χ4v) is 2.06. The Bertz CT molecular complexity index is 883. The minimum atomic E-state index is -0.664. The first kappa shape index (κ1) is 19.8. The zero-order valence-electron chi connectivity index (χ0n) is 14.2. The van der Waals surface area contributed by atoms with Gasteiger partial charge in [0.2, 0.25) is 0 Å². The van der Waals surface area contributed by atoms with Crippen LogP contribution in [-0.4, -0.2) is 28.8 Å². The Morgan fingerprint density at radius 1 is 1.30 bits per heavy atom. The van der Waals surface area contributed by atoms with Crippen LogP contribution in [0.2, 0.25) is 0 Å². The van der Waals surface area contributed by atoms with Crippen molar-refractivity contribution in [2.75, 3.05) is 6.61 Å². The van der Waals surface area contributed by atoms with Gasteiger partial charge in [-0.25, -0.2) is 4.79 Å². The quantitative estimate of drug-likeness (QED) is 0.185. The molecule has 0 aliphatic rings. The number of rotatable bonds is 7. The number of carbonyl (C=O) groups is 1. The van der Waals surface area contributed by atoms with E-state index in [4.69, 9.17) is 15.2 Å². The number of ether oxygens (including phenoxy) is 2. The van der Waals surface area contributed by atoms with E-state index in [0.717, 1.165) is 0 Å². The summed E-state index contributed by atoms with van der Waals surface area (Å²) < 4.78 is 10.8. The lowest BCUT2D eigenvalue weighted by molar-refractivity contribution is -0.384. The zero-order valence-corrected chi connectivity index (χ0v) is 15.1. The van der Waals surface area contributed by atoms with Gasteiger partial charge in [-0.1, -0.05) is 0 Å². The van der Waals surface area contributed by atoms with Crippen LogP contribution in [0, 0.1) is 10.1 Å². The van der Waals surface area contributed by atoms with Gasteiger partial charge in [0, 0.05) is 12.1 Å². The Hall–Kier alpha value is -3.53. The number of nitrogens with two attached hydrogens (primary N) is 1. The molecule has 0 unspecified atom stereocenters. The predicted molar refractivity (Wildman–Crippen MR) is 103 cm³/mol. The molecule has 0 saturated carbocycles. The van der Waals surface area contributed by atoms with Gasteiger partial charge < -0.3 is 15.2 Å². The van der Waals surface area contributed by atoms with Gasteiger partial charge in [0.1, 0.15) is 0 Å². The van der Waals surface area contributed by atoms with E-state index in [2.05, 4.69) is 22.7 Å². The summed E-state index contributed by atoms with van der Waals surface area (Å²) in [5.41, 5.74) is 8.44. The molecule has 0 spiro atoms. The van der Waals surface area contributed by atoms with Gasteiger partial charge in [0.25, 0.3) is 5.69 Å². The maximum absolute atomic E-state index is 12.3. The predicted octanol–water partition coefficient (Wildman–Crippen LogP) is 2.38. The maximum atomic E-state index is 12.3.